The minimum atomic E-state index is -0.203. The van der Waals surface area contributed by atoms with Gasteiger partial charge in [-0.15, -0.1) is 11.3 Å². The molecule has 0 saturated heterocycles. The van der Waals surface area contributed by atoms with E-state index in [0.717, 1.165) is 44.1 Å². The lowest BCUT2D eigenvalue weighted by molar-refractivity contribution is 0.202. The lowest BCUT2D eigenvalue weighted by atomic mass is 10.0. The van der Waals surface area contributed by atoms with Crippen molar-refractivity contribution >= 4 is 33.2 Å². The lowest BCUT2D eigenvalue weighted by Crippen LogP contribution is -2.14. The number of benzene rings is 1. The molecule has 0 saturated carbocycles. The Balaban J connectivity index is 1.58. The van der Waals surface area contributed by atoms with Gasteiger partial charge in [0.25, 0.3) is 0 Å². The van der Waals surface area contributed by atoms with Crippen molar-refractivity contribution in [2.45, 2.75) is 19.1 Å². The van der Waals surface area contributed by atoms with Gasteiger partial charge in [-0.05, 0) is 43.7 Å². The molecule has 7 heteroatoms. The van der Waals surface area contributed by atoms with Crippen LogP contribution in [-0.2, 0) is 13.0 Å². The van der Waals surface area contributed by atoms with Crippen LogP contribution >= 0.6 is 22.9 Å². The van der Waals surface area contributed by atoms with E-state index in [4.69, 9.17) is 20.8 Å². The molecule has 0 spiro atoms. The molecular weight excluding hydrogens is 394 g/mol. The highest BCUT2D eigenvalue weighted by Gasteiger charge is 2.32. The summed E-state index contributed by atoms with van der Waals surface area (Å²) < 4.78 is 13.3. The number of halogens is 1. The van der Waals surface area contributed by atoms with E-state index in [0.29, 0.717) is 18.0 Å². The van der Waals surface area contributed by atoms with Gasteiger partial charge < -0.3 is 14.1 Å². The second-order valence-corrected chi connectivity index (χ2v) is 8.50. The Kier molecular flexibility index (Phi) is 4.34. The molecule has 0 unspecified atom stereocenters. The van der Waals surface area contributed by atoms with Crippen LogP contribution in [0, 0.1) is 0 Å². The molecule has 0 radical (unpaired) electrons. The molecular formula is C21H18ClN3O2S. The molecule has 1 aliphatic heterocycles. The van der Waals surface area contributed by atoms with Crippen LogP contribution in [0.3, 0.4) is 0 Å². The maximum atomic E-state index is 6.47. The number of rotatable bonds is 4. The molecule has 4 heterocycles. The third-order valence-electron chi connectivity index (χ3n) is 4.86. The topological polar surface area (TPSA) is 51.4 Å². The zero-order valence-corrected chi connectivity index (χ0v) is 17.0. The summed E-state index contributed by atoms with van der Waals surface area (Å²) in [6, 6.07) is 8.00. The Hall–Kier alpha value is -2.41. The van der Waals surface area contributed by atoms with Gasteiger partial charge in [0, 0.05) is 40.9 Å². The smallest absolute Gasteiger partial charge is 0.181 e. The highest BCUT2D eigenvalue weighted by atomic mass is 35.5. The first kappa shape index (κ1) is 17.7. The summed E-state index contributed by atoms with van der Waals surface area (Å²) in [5.41, 5.74) is 5.05. The van der Waals surface area contributed by atoms with E-state index >= 15 is 0 Å². The van der Waals surface area contributed by atoms with Crippen LogP contribution in [0.25, 0.3) is 21.3 Å². The Labute approximate surface area is 171 Å². The van der Waals surface area contributed by atoms with E-state index in [1.165, 1.54) is 6.39 Å². The van der Waals surface area contributed by atoms with Crippen molar-refractivity contribution in [3.63, 3.8) is 0 Å². The van der Waals surface area contributed by atoms with Crippen molar-refractivity contribution in [2.24, 2.45) is 0 Å². The average Bonchev–Trinajstić information content (AvgIpc) is 3.38. The minimum absolute atomic E-state index is 0.203. The Morgan fingerprint density at radius 3 is 2.96 bits per heavy atom. The fourth-order valence-corrected chi connectivity index (χ4v) is 4.84. The summed E-state index contributed by atoms with van der Waals surface area (Å²) in [6.45, 7) is 0.704. The minimum Gasteiger partial charge on any atom is -0.481 e. The fraction of sp³-hybridized carbons (Fsp3) is 0.238. The van der Waals surface area contributed by atoms with Gasteiger partial charge >= 0.3 is 0 Å². The molecule has 3 aromatic heterocycles. The number of pyridine rings is 1. The van der Waals surface area contributed by atoms with Crippen molar-refractivity contribution < 1.29 is 9.15 Å². The molecule has 142 valence electrons. The van der Waals surface area contributed by atoms with Gasteiger partial charge in [-0.2, -0.15) is 0 Å². The largest absolute Gasteiger partial charge is 0.481 e. The number of hydrogen-bond acceptors (Lipinski definition) is 6. The third-order valence-corrected chi connectivity index (χ3v) is 6.02. The SMILES string of the molecule is CN(C)Cc1ncoc1[C@H]1Cc2cc(Cl)cc(-c3ccnc4ccsc34)c2O1. The first-order valence-electron chi connectivity index (χ1n) is 8.99. The average molecular weight is 412 g/mol. The molecule has 0 N–H and O–H groups in total. The zero-order chi connectivity index (χ0) is 19.3. The van der Waals surface area contributed by atoms with E-state index in [1.54, 1.807) is 11.3 Å². The predicted molar refractivity (Wildman–Crippen MR) is 111 cm³/mol. The molecule has 5 rings (SSSR count). The van der Waals surface area contributed by atoms with Gasteiger partial charge in [0.15, 0.2) is 18.3 Å². The van der Waals surface area contributed by atoms with Gasteiger partial charge in [0.05, 0.1) is 10.2 Å². The number of oxazole rings is 1. The number of thiophene rings is 1. The molecule has 0 bridgehead atoms. The van der Waals surface area contributed by atoms with Crippen LogP contribution in [0.5, 0.6) is 5.75 Å². The van der Waals surface area contributed by atoms with Crippen LogP contribution in [0.15, 0.2) is 46.7 Å². The summed E-state index contributed by atoms with van der Waals surface area (Å²) >= 11 is 8.14. The normalized spacial score (nSPS) is 15.9. The Morgan fingerprint density at radius 2 is 2.11 bits per heavy atom. The van der Waals surface area contributed by atoms with Crippen molar-refractivity contribution in [1.82, 2.24) is 14.9 Å². The second kappa shape index (κ2) is 6.88. The number of nitrogens with zero attached hydrogens (tertiary/aromatic N) is 3. The number of hydrogen-bond donors (Lipinski definition) is 0. The summed E-state index contributed by atoms with van der Waals surface area (Å²) in [5, 5.41) is 2.75. The number of ether oxygens (including phenoxy) is 1. The molecule has 1 aromatic carbocycles. The monoisotopic (exact) mass is 411 g/mol. The first-order chi connectivity index (χ1) is 13.6. The fourth-order valence-electron chi connectivity index (χ4n) is 3.71. The van der Waals surface area contributed by atoms with Gasteiger partial charge in [-0.25, -0.2) is 4.98 Å². The van der Waals surface area contributed by atoms with E-state index in [2.05, 4.69) is 20.2 Å². The molecule has 28 heavy (non-hydrogen) atoms. The molecule has 0 aliphatic carbocycles. The van der Waals surface area contributed by atoms with Crippen molar-refractivity contribution in [3.05, 3.63) is 64.3 Å². The van der Waals surface area contributed by atoms with Crippen LogP contribution in [0.2, 0.25) is 5.02 Å². The van der Waals surface area contributed by atoms with Gasteiger partial charge in [-0.3, -0.25) is 4.98 Å². The van der Waals surface area contributed by atoms with Crippen molar-refractivity contribution in [1.29, 1.82) is 0 Å². The van der Waals surface area contributed by atoms with E-state index in [9.17, 15) is 0 Å². The van der Waals surface area contributed by atoms with E-state index < -0.39 is 0 Å². The van der Waals surface area contributed by atoms with Crippen LogP contribution in [0.1, 0.15) is 23.1 Å². The highest BCUT2D eigenvalue weighted by Crippen LogP contribution is 2.47. The highest BCUT2D eigenvalue weighted by molar-refractivity contribution is 7.17. The van der Waals surface area contributed by atoms with Crippen molar-refractivity contribution in [2.75, 3.05) is 14.1 Å². The molecule has 5 nitrogen and oxygen atoms in total. The van der Waals surface area contributed by atoms with Gasteiger partial charge in [-0.1, -0.05) is 11.6 Å². The molecule has 1 aliphatic rings. The quantitative estimate of drug-likeness (QED) is 0.453. The summed E-state index contributed by atoms with van der Waals surface area (Å²) in [7, 11) is 4.02. The maximum Gasteiger partial charge on any atom is 0.181 e. The molecule has 0 amide bonds. The summed E-state index contributed by atoms with van der Waals surface area (Å²) in [4.78, 5) is 10.9. The third kappa shape index (κ3) is 2.98. The molecule has 4 aromatic rings. The number of aromatic nitrogens is 2. The Morgan fingerprint density at radius 1 is 1.21 bits per heavy atom. The van der Waals surface area contributed by atoms with Crippen LogP contribution in [0.4, 0.5) is 0 Å². The zero-order valence-electron chi connectivity index (χ0n) is 15.5. The van der Waals surface area contributed by atoms with E-state index in [-0.39, 0.29) is 6.10 Å². The summed E-state index contributed by atoms with van der Waals surface area (Å²) in [6.07, 6.45) is 3.82. The standard InChI is InChI=1S/C21H18ClN3O2S/c1-25(2)10-17-20(26-11-24-17)18-8-12-7-13(22)9-15(19(12)27-18)14-3-5-23-16-4-6-28-21(14)16/h3-7,9,11,18H,8,10H2,1-2H3/t18-/m1/s1. The predicted octanol–water partition coefficient (Wildman–Crippen LogP) is 5.34. The van der Waals surface area contributed by atoms with Crippen molar-refractivity contribution in [3.8, 4) is 16.9 Å². The maximum absolute atomic E-state index is 6.47. The summed E-state index contributed by atoms with van der Waals surface area (Å²) in [5.74, 6) is 1.64. The van der Waals surface area contributed by atoms with Gasteiger partial charge in [0.2, 0.25) is 0 Å². The molecule has 1 atom stereocenters. The molecule has 0 fully saturated rings. The number of fused-ring (bicyclic) bond motifs is 2. The Bertz CT molecular complexity index is 1170. The first-order valence-corrected chi connectivity index (χ1v) is 10.2. The van der Waals surface area contributed by atoms with E-state index in [1.807, 2.05) is 44.6 Å². The van der Waals surface area contributed by atoms with Gasteiger partial charge in [0.1, 0.15) is 11.4 Å². The van der Waals surface area contributed by atoms with Crippen LogP contribution < -0.4 is 4.74 Å². The lowest BCUT2D eigenvalue weighted by Gasteiger charge is -2.14. The second-order valence-electron chi connectivity index (χ2n) is 7.15. The van der Waals surface area contributed by atoms with Crippen LogP contribution in [-0.4, -0.2) is 29.0 Å².